The third-order valence-electron chi connectivity index (χ3n) is 6.03. The predicted octanol–water partition coefficient (Wildman–Crippen LogP) is 1.48. The van der Waals surface area contributed by atoms with Gasteiger partial charge in [0.05, 0.1) is 37.4 Å². The van der Waals surface area contributed by atoms with E-state index < -0.39 is 32.4 Å². The molecule has 0 spiro atoms. The van der Waals surface area contributed by atoms with Crippen molar-refractivity contribution in [3.05, 3.63) is 60.2 Å². The molecule has 1 saturated heterocycles. The second kappa shape index (κ2) is 13.1. The first-order valence-corrected chi connectivity index (χ1v) is 15.1. The monoisotopic (exact) mass is 555 g/mol. The maximum atomic E-state index is 13.5. The number of nitrogens with one attached hydrogen (secondary N) is 1. The Kier molecular flexibility index (Phi) is 10.5. The van der Waals surface area contributed by atoms with Gasteiger partial charge < -0.3 is 14.6 Å². The normalized spacial score (nSPS) is 17.1. The first-order chi connectivity index (χ1) is 17.5. The van der Waals surface area contributed by atoms with E-state index in [-0.39, 0.29) is 56.6 Å². The van der Waals surface area contributed by atoms with Crippen molar-refractivity contribution in [2.75, 3.05) is 46.5 Å². The SMILES string of the molecule is COc1ccc(S(=O)(=O)N(CC(C)C)C[C@@H](O)[C@H](Cc2ccccc2)NS(=O)(=O)N2CCOCC2)cc1. The van der Waals surface area contributed by atoms with Crippen LogP contribution in [0.3, 0.4) is 0 Å². The van der Waals surface area contributed by atoms with Crippen molar-refractivity contribution >= 4 is 20.2 Å². The van der Waals surface area contributed by atoms with Crippen molar-refractivity contribution in [2.45, 2.75) is 37.3 Å². The van der Waals surface area contributed by atoms with Gasteiger partial charge in [-0.2, -0.15) is 21.8 Å². The number of hydrogen-bond donors (Lipinski definition) is 2. The molecule has 12 heteroatoms. The summed E-state index contributed by atoms with van der Waals surface area (Å²) in [6, 6.07) is 14.2. The molecule has 206 valence electrons. The van der Waals surface area contributed by atoms with Gasteiger partial charge in [-0.3, -0.25) is 0 Å². The molecule has 0 amide bonds. The van der Waals surface area contributed by atoms with Crippen LogP contribution in [0.25, 0.3) is 0 Å². The molecule has 0 unspecified atom stereocenters. The first kappa shape index (κ1) is 29.5. The lowest BCUT2D eigenvalue weighted by Gasteiger charge is -2.33. The molecule has 1 heterocycles. The van der Waals surface area contributed by atoms with Gasteiger partial charge in [-0.1, -0.05) is 44.2 Å². The van der Waals surface area contributed by atoms with Crippen LogP contribution in [0.5, 0.6) is 5.75 Å². The molecule has 0 aliphatic carbocycles. The summed E-state index contributed by atoms with van der Waals surface area (Å²) < 4.78 is 68.9. The van der Waals surface area contributed by atoms with Crippen LogP contribution in [-0.4, -0.2) is 89.2 Å². The summed E-state index contributed by atoms with van der Waals surface area (Å²) in [5, 5.41) is 11.3. The molecule has 37 heavy (non-hydrogen) atoms. The Morgan fingerprint density at radius 3 is 2.19 bits per heavy atom. The van der Waals surface area contributed by atoms with E-state index in [1.807, 2.05) is 44.2 Å². The number of benzene rings is 2. The smallest absolute Gasteiger partial charge is 0.279 e. The number of methoxy groups -OCH3 is 1. The molecule has 0 saturated carbocycles. The minimum absolute atomic E-state index is 0.0298. The highest BCUT2D eigenvalue weighted by Gasteiger charge is 2.34. The summed E-state index contributed by atoms with van der Waals surface area (Å²) in [7, 11) is -6.42. The molecule has 2 aromatic rings. The fourth-order valence-corrected chi connectivity index (χ4v) is 7.11. The molecule has 1 aliphatic rings. The number of aliphatic hydroxyl groups excluding tert-OH is 1. The van der Waals surface area contributed by atoms with Crippen molar-refractivity contribution in [1.29, 1.82) is 0 Å². The maximum absolute atomic E-state index is 13.5. The number of rotatable bonds is 13. The van der Waals surface area contributed by atoms with Crippen LogP contribution in [0.1, 0.15) is 19.4 Å². The number of aliphatic hydroxyl groups is 1. The zero-order chi connectivity index (χ0) is 27.1. The largest absolute Gasteiger partial charge is 0.497 e. The quantitative estimate of drug-likeness (QED) is 0.384. The molecular weight excluding hydrogens is 518 g/mol. The summed E-state index contributed by atoms with van der Waals surface area (Å²) in [6.45, 7) is 4.61. The second-order valence-electron chi connectivity index (χ2n) is 9.39. The molecule has 3 rings (SSSR count). The summed E-state index contributed by atoms with van der Waals surface area (Å²) >= 11 is 0. The van der Waals surface area contributed by atoms with Crippen LogP contribution in [0.2, 0.25) is 0 Å². The highest BCUT2D eigenvalue weighted by Crippen LogP contribution is 2.22. The molecule has 1 fully saturated rings. The van der Waals surface area contributed by atoms with Gasteiger partial charge in [0.1, 0.15) is 5.75 Å². The van der Waals surface area contributed by atoms with Gasteiger partial charge in [0.15, 0.2) is 0 Å². The fourth-order valence-electron chi connectivity index (χ4n) is 4.09. The Hall–Kier alpha value is -2.06. The van der Waals surface area contributed by atoms with Crippen LogP contribution < -0.4 is 9.46 Å². The van der Waals surface area contributed by atoms with Gasteiger partial charge in [-0.15, -0.1) is 0 Å². The number of hydrogen-bond acceptors (Lipinski definition) is 7. The minimum atomic E-state index is -3.97. The molecule has 0 aromatic heterocycles. The Morgan fingerprint density at radius 2 is 1.62 bits per heavy atom. The maximum Gasteiger partial charge on any atom is 0.279 e. The molecule has 0 bridgehead atoms. The third-order valence-corrected chi connectivity index (χ3v) is 9.52. The average molecular weight is 556 g/mol. The van der Waals surface area contributed by atoms with E-state index in [9.17, 15) is 21.9 Å². The van der Waals surface area contributed by atoms with Crippen LogP contribution in [0.15, 0.2) is 59.5 Å². The number of ether oxygens (including phenoxy) is 2. The summed E-state index contributed by atoms with van der Waals surface area (Å²) in [5.41, 5.74) is 0.810. The lowest BCUT2D eigenvalue weighted by atomic mass is 10.0. The number of morpholine rings is 1. The van der Waals surface area contributed by atoms with Crippen LogP contribution in [0, 0.1) is 5.92 Å². The second-order valence-corrected chi connectivity index (χ2v) is 13.0. The highest BCUT2D eigenvalue weighted by atomic mass is 32.2. The van der Waals surface area contributed by atoms with Gasteiger partial charge in [0.25, 0.3) is 10.2 Å². The predicted molar refractivity (Wildman–Crippen MR) is 141 cm³/mol. The van der Waals surface area contributed by atoms with E-state index in [1.165, 1.54) is 27.9 Å². The Bertz CT molecular complexity index is 1180. The van der Waals surface area contributed by atoms with Gasteiger partial charge in [-0.25, -0.2) is 8.42 Å². The van der Waals surface area contributed by atoms with E-state index >= 15 is 0 Å². The molecule has 1 aliphatic heterocycles. The average Bonchev–Trinajstić information content (AvgIpc) is 2.88. The van der Waals surface area contributed by atoms with E-state index in [4.69, 9.17) is 9.47 Å². The van der Waals surface area contributed by atoms with Gasteiger partial charge in [0, 0.05) is 26.2 Å². The highest BCUT2D eigenvalue weighted by molar-refractivity contribution is 7.89. The van der Waals surface area contributed by atoms with Crippen LogP contribution >= 0.6 is 0 Å². The summed E-state index contributed by atoms with van der Waals surface area (Å²) in [5.74, 6) is 0.493. The van der Waals surface area contributed by atoms with E-state index in [1.54, 1.807) is 12.1 Å². The third kappa shape index (κ3) is 8.21. The molecule has 2 aromatic carbocycles. The lowest BCUT2D eigenvalue weighted by molar-refractivity contribution is 0.0708. The lowest BCUT2D eigenvalue weighted by Crippen LogP contribution is -2.55. The summed E-state index contributed by atoms with van der Waals surface area (Å²) in [4.78, 5) is 0.0645. The molecule has 0 radical (unpaired) electrons. The van der Waals surface area contributed by atoms with Crippen LogP contribution in [0.4, 0.5) is 0 Å². The van der Waals surface area contributed by atoms with Gasteiger partial charge in [-0.05, 0) is 42.2 Å². The van der Waals surface area contributed by atoms with Crippen molar-refractivity contribution in [3.63, 3.8) is 0 Å². The number of nitrogens with zero attached hydrogens (tertiary/aromatic N) is 2. The number of sulfonamides is 1. The zero-order valence-electron chi connectivity index (χ0n) is 21.5. The Morgan fingerprint density at radius 1 is 1.00 bits per heavy atom. The Labute approximate surface area is 220 Å². The topological polar surface area (TPSA) is 125 Å². The minimum Gasteiger partial charge on any atom is -0.497 e. The summed E-state index contributed by atoms with van der Waals surface area (Å²) in [6.07, 6.45) is -1.13. The van der Waals surface area contributed by atoms with Crippen molar-refractivity contribution in [2.24, 2.45) is 5.92 Å². The molecule has 10 nitrogen and oxygen atoms in total. The standard InChI is InChI=1S/C25H37N3O7S2/c1-20(2)18-28(36(30,31)23-11-9-22(34-3)10-12-23)19-25(29)24(17-21-7-5-4-6-8-21)26-37(32,33)27-13-15-35-16-14-27/h4-12,20,24-26,29H,13-19H2,1-3H3/t24-,25+/m0/s1. The van der Waals surface area contributed by atoms with E-state index in [0.717, 1.165) is 5.56 Å². The zero-order valence-corrected chi connectivity index (χ0v) is 23.1. The fraction of sp³-hybridized carbons (Fsp3) is 0.520. The van der Waals surface area contributed by atoms with Crippen molar-refractivity contribution in [1.82, 2.24) is 13.3 Å². The molecular formula is C25H37N3O7S2. The molecule has 2 atom stereocenters. The van der Waals surface area contributed by atoms with E-state index in [0.29, 0.717) is 5.75 Å². The molecule has 2 N–H and O–H groups in total. The van der Waals surface area contributed by atoms with Crippen LogP contribution in [-0.2, 0) is 31.4 Å². The van der Waals surface area contributed by atoms with E-state index in [2.05, 4.69) is 4.72 Å². The van der Waals surface area contributed by atoms with Gasteiger partial charge in [0.2, 0.25) is 10.0 Å². The van der Waals surface area contributed by atoms with Crippen molar-refractivity contribution < 1.29 is 31.4 Å². The van der Waals surface area contributed by atoms with Gasteiger partial charge >= 0.3 is 0 Å². The Balaban J connectivity index is 1.88. The van der Waals surface area contributed by atoms with Crippen molar-refractivity contribution in [3.8, 4) is 5.75 Å². The first-order valence-electron chi connectivity index (χ1n) is 12.2.